The first kappa shape index (κ1) is 26.5. The number of rotatable bonds is 6. The number of halogens is 1. The first-order valence-corrected chi connectivity index (χ1v) is 15.0. The zero-order chi connectivity index (χ0) is 27.8. The zero-order valence-electron chi connectivity index (χ0n) is 21.7. The number of piperidine rings is 1. The van der Waals surface area contributed by atoms with Gasteiger partial charge in [-0.3, -0.25) is 14.4 Å². The van der Waals surface area contributed by atoms with Crippen LogP contribution in [0.1, 0.15) is 38.9 Å². The van der Waals surface area contributed by atoms with Crippen LogP contribution in [-0.4, -0.2) is 35.7 Å². The minimum absolute atomic E-state index is 0.0385. The molecule has 2 aromatic carbocycles. The monoisotopic (exact) mass is 618 g/mol. The lowest BCUT2D eigenvalue weighted by molar-refractivity contribution is 0.0992. The lowest BCUT2D eigenvalue weighted by Gasteiger charge is -2.44. The molecule has 2 amide bonds. The van der Waals surface area contributed by atoms with Gasteiger partial charge in [0, 0.05) is 47.8 Å². The van der Waals surface area contributed by atoms with Gasteiger partial charge in [0.05, 0.1) is 17.1 Å². The van der Waals surface area contributed by atoms with Crippen molar-refractivity contribution in [1.82, 2.24) is 4.57 Å². The molecule has 0 saturated carbocycles. The van der Waals surface area contributed by atoms with E-state index in [4.69, 9.17) is 4.42 Å². The third-order valence-electron chi connectivity index (χ3n) is 7.48. The van der Waals surface area contributed by atoms with Crippen LogP contribution < -0.4 is 21.1 Å². The van der Waals surface area contributed by atoms with E-state index in [9.17, 15) is 14.4 Å². The maximum absolute atomic E-state index is 13.3. The van der Waals surface area contributed by atoms with E-state index in [1.807, 2.05) is 53.3 Å². The second-order valence-electron chi connectivity index (χ2n) is 10.0. The van der Waals surface area contributed by atoms with Gasteiger partial charge < -0.3 is 24.5 Å². The Morgan fingerprint density at radius 2 is 1.75 bits per heavy atom. The summed E-state index contributed by atoms with van der Waals surface area (Å²) in [6.07, 6.45) is 2.97. The van der Waals surface area contributed by atoms with Crippen molar-refractivity contribution in [2.75, 3.05) is 34.9 Å². The molecule has 1 saturated heterocycles. The molecule has 4 heterocycles. The fourth-order valence-electron chi connectivity index (χ4n) is 5.71. The number of nitrogens with one attached hydrogen (secondary N) is 2. The SMILES string of the molecule is CSc1ccccc1NC(=O)c1ccc(N2C[C@H]3C[C@@H](C2)c2cccc(=O)n2C3)c(NC(=O)c2ccc(Br)o2)c1. The number of amides is 2. The summed E-state index contributed by atoms with van der Waals surface area (Å²) in [6.45, 7) is 2.10. The third kappa shape index (κ3) is 5.21. The number of benzene rings is 2. The number of furan rings is 1. The summed E-state index contributed by atoms with van der Waals surface area (Å²) >= 11 is 4.80. The van der Waals surface area contributed by atoms with Crippen LogP contribution in [0.4, 0.5) is 17.1 Å². The van der Waals surface area contributed by atoms with Crippen molar-refractivity contribution in [2.24, 2.45) is 5.92 Å². The summed E-state index contributed by atoms with van der Waals surface area (Å²) in [6, 6.07) is 21.7. The van der Waals surface area contributed by atoms with Crippen LogP contribution in [0.15, 0.2) is 91.6 Å². The molecule has 1 fully saturated rings. The second-order valence-corrected chi connectivity index (χ2v) is 11.7. The van der Waals surface area contributed by atoms with Crippen LogP contribution in [0.2, 0.25) is 0 Å². The fraction of sp³-hybridized carbons (Fsp3) is 0.233. The Hall–Kier alpha value is -3.76. The average Bonchev–Trinajstić information content (AvgIpc) is 3.40. The van der Waals surface area contributed by atoms with Gasteiger partial charge in [-0.2, -0.15) is 0 Å². The molecule has 10 heteroatoms. The van der Waals surface area contributed by atoms with Crippen molar-refractivity contribution in [3.8, 4) is 0 Å². The van der Waals surface area contributed by atoms with Gasteiger partial charge in [0.15, 0.2) is 10.4 Å². The summed E-state index contributed by atoms with van der Waals surface area (Å²) in [5.74, 6) is -0.0382. The molecule has 0 unspecified atom stereocenters. The quantitative estimate of drug-likeness (QED) is 0.255. The van der Waals surface area contributed by atoms with Gasteiger partial charge >= 0.3 is 0 Å². The largest absolute Gasteiger partial charge is 0.444 e. The summed E-state index contributed by atoms with van der Waals surface area (Å²) in [5, 5.41) is 5.98. The summed E-state index contributed by atoms with van der Waals surface area (Å²) in [5.41, 5.74) is 3.58. The van der Waals surface area contributed by atoms with Crippen LogP contribution in [0, 0.1) is 5.92 Å². The number of carbonyl (C=O) groups is 2. The molecule has 0 aliphatic carbocycles. The van der Waals surface area contributed by atoms with Crippen molar-refractivity contribution in [2.45, 2.75) is 23.8 Å². The molecule has 0 spiro atoms. The molecule has 2 N–H and O–H groups in total. The van der Waals surface area contributed by atoms with E-state index in [0.29, 0.717) is 34.9 Å². The molecule has 2 aliphatic rings. The first-order valence-electron chi connectivity index (χ1n) is 13.0. The second kappa shape index (κ2) is 11.0. The molecule has 0 radical (unpaired) electrons. The Morgan fingerprint density at radius 3 is 2.55 bits per heavy atom. The number of carbonyl (C=O) groups excluding carboxylic acids is 2. The van der Waals surface area contributed by atoms with E-state index in [0.717, 1.165) is 34.9 Å². The normalized spacial score (nSPS) is 17.7. The first-order chi connectivity index (χ1) is 19.4. The molecule has 2 aliphatic heterocycles. The van der Waals surface area contributed by atoms with Gasteiger partial charge in [0.2, 0.25) is 0 Å². The zero-order valence-corrected chi connectivity index (χ0v) is 24.1. The van der Waals surface area contributed by atoms with Crippen molar-refractivity contribution in [3.63, 3.8) is 0 Å². The number of thioether (sulfide) groups is 1. The van der Waals surface area contributed by atoms with Crippen LogP contribution in [-0.2, 0) is 6.54 Å². The number of anilines is 3. The highest BCUT2D eigenvalue weighted by Gasteiger charge is 2.35. The number of aromatic nitrogens is 1. The number of para-hydroxylation sites is 1. The molecule has 6 rings (SSSR count). The van der Waals surface area contributed by atoms with Crippen LogP contribution in [0.3, 0.4) is 0 Å². The van der Waals surface area contributed by atoms with Crippen molar-refractivity contribution < 1.29 is 14.0 Å². The van der Waals surface area contributed by atoms with E-state index >= 15 is 0 Å². The van der Waals surface area contributed by atoms with Gasteiger partial charge in [-0.1, -0.05) is 18.2 Å². The maximum Gasteiger partial charge on any atom is 0.291 e. The summed E-state index contributed by atoms with van der Waals surface area (Å²) in [7, 11) is 0. The highest BCUT2D eigenvalue weighted by atomic mass is 79.9. The smallest absolute Gasteiger partial charge is 0.291 e. The minimum Gasteiger partial charge on any atom is -0.444 e. The van der Waals surface area contributed by atoms with Gasteiger partial charge in [0.25, 0.3) is 17.4 Å². The Bertz CT molecular complexity index is 1670. The summed E-state index contributed by atoms with van der Waals surface area (Å²) in [4.78, 5) is 42.1. The van der Waals surface area contributed by atoms with Gasteiger partial charge in [0.1, 0.15) is 0 Å². The number of nitrogens with zero attached hydrogens (tertiary/aromatic N) is 2. The fourth-order valence-corrected chi connectivity index (χ4v) is 6.57. The van der Waals surface area contributed by atoms with Gasteiger partial charge in [-0.25, -0.2) is 0 Å². The van der Waals surface area contributed by atoms with Gasteiger partial charge in [-0.15, -0.1) is 11.8 Å². The van der Waals surface area contributed by atoms with Crippen molar-refractivity contribution in [1.29, 1.82) is 0 Å². The third-order valence-corrected chi connectivity index (χ3v) is 8.70. The van der Waals surface area contributed by atoms with Crippen molar-refractivity contribution >= 4 is 56.6 Å². The molecule has 40 heavy (non-hydrogen) atoms. The highest BCUT2D eigenvalue weighted by Crippen LogP contribution is 2.39. The predicted molar refractivity (Wildman–Crippen MR) is 161 cm³/mol. The Labute approximate surface area is 243 Å². The van der Waals surface area contributed by atoms with E-state index in [-0.39, 0.29) is 23.1 Å². The predicted octanol–water partition coefficient (Wildman–Crippen LogP) is 6.05. The molecule has 2 bridgehead atoms. The topological polar surface area (TPSA) is 96.6 Å². The molecular weight excluding hydrogens is 592 g/mol. The Morgan fingerprint density at radius 1 is 0.925 bits per heavy atom. The number of hydrogen-bond acceptors (Lipinski definition) is 6. The van der Waals surface area contributed by atoms with Gasteiger partial charge in [-0.05, 0) is 83.1 Å². The Kier molecular flexibility index (Phi) is 7.29. The Balaban J connectivity index is 1.33. The number of hydrogen-bond donors (Lipinski definition) is 2. The van der Waals surface area contributed by atoms with Crippen LogP contribution in [0.25, 0.3) is 0 Å². The van der Waals surface area contributed by atoms with E-state index in [1.165, 1.54) is 0 Å². The molecular formula is C30H27BrN4O4S. The van der Waals surface area contributed by atoms with Crippen LogP contribution in [0.5, 0.6) is 0 Å². The standard InChI is InChI=1S/C30H27BrN4O4S/c1-40-26-7-3-2-5-21(26)32-29(37)19-9-10-24(22(14-19)33-30(38)25-11-12-27(31)39-25)34-15-18-13-20(17-34)23-6-4-8-28(36)35(23)16-18/h2-12,14,18,20H,13,15-17H2,1H3,(H,32,37)(H,33,38)/t18-,20+/m1/s1. The lowest BCUT2D eigenvalue weighted by Crippen LogP contribution is -2.47. The van der Waals surface area contributed by atoms with E-state index < -0.39 is 5.91 Å². The van der Waals surface area contributed by atoms with E-state index in [1.54, 1.807) is 42.1 Å². The average molecular weight is 620 g/mol. The molecule has 8 nitrogen and oxygen atoms in total. The highest BCUT2D eigenvalue weighted by molar-refractivity contribution is 9.10. The van der Waals surface area contributed by atoms with E-state index in [2.05, 4.69) is 31.5 Å². The lowest BCUT2D eigenvalue weighted by atomic mass is 9.83. The number of fused-ring (bicyclic) bond motifs is 4. The summed E-state index contributed by atoms with van der Waals surface area (Å²) < 4.78 is 7.82. The molecule has 204 valence electrons. The van der Waals surface area contributed by atoms with Crippen LogP contribution >= 0.6 is 27.7 Å². The van der Waals surface area contributed by atoms with Crippen molar-refractivity contribution in [3.05, 3.63) is 105 Å². The molecule has 2 atom stereocenters. The minimum atomic E-state index is -0.411. The molecule has 2 aromatic heterocycles. The maximum atomic E-state index is 13.3. The number of pyridine rings is 1. The molecule has 4 aromatic rings.